The second kappa shape index (κ2) is 5.09. The van der Waals surface area contributed by atoms with E-state index in [9.17, 15) is 9.90 Å². The summed E-state index contributed by atoms with van der Waals surface area (Å²) in [7, 11) is 0. The highest BCUT2D eigenvalue weighted by Crippen LogP contribution is 2.31. The molecule has 3 rings (SSSR count). The van der Waals surface area contributed by atoms with Crippen molar-refractivity contribution in [2.45, 2.75) is 6.42 Å². The fourth-order valence-electron chi connectivity index (χ4n) is 1.98. The molecule has 0 saturated heterocycles. The van der Waals surface area contributed by atoms with Crippen molar-refractivity contribution in [2.24, 2.45) is 4.99 Å². The summed E-state index contributed by atoms with van der Waals surface area (Å²) < 4.78 is 6.00. The van der Waals surface area contributed by atoms with E-state index in [-0.39, 0.29) is 11.5 Å². The Morgan fingerprint density at radius 1 is 1.20 bits per heavy atom. The summed E-state index contributed by atoms with van der Waals surface area (Å²) >= 11 is 3.31. The van der Waals surface area contributed by atoms with Crippen LogP contribution in [0.5, 0.6) is 11.5 Å². The third-order valence-corrected chi connectivity index (χ3v) is 3.45. The molecule has 0 atom stereocenters. The Morgan fingerprint density at radius 2 is 2.00 bits per heavy atom. The number of aliphatic imine (C=N–C) groups is 1. The first kappa shape index (κ1) is 12.9. The quantitative estimate of drug-likeness (QED) is 0.643. The smallest absolute Gasteiger partial charge is 0.358 e. The fourth-order valence-corrected chi connectivity index (χ4v) is 2.33. The van der Waals surface area contributed by atoms with Gasteiger partial charge in [0.2, 0.25) is 0 Å². The Kier molecular flexibility index (Phi) is 3.28. The predicted octanol–water partition coefficient (Wildman–Crippen LogP) is 3.39. The molecule has 0 radical (unpaired) electrons. The molecule has 0 unspecified atom stereocenters. The number of nitrogens with zero attached hydrogens (tertiary/aromatic N) is 1. The second-order valence-electron chi connectivity index (χ2n) is 4.37. The van der Waals surface area contributed by atoms with E-state index in [4.69, 9.17) is 4.74 Å². The summed E-state index contributed by atoms with van der Waals surface area (Å²) in [6.07, 6.45) is 0.390. The van der Waals surface area contributed by atoms with Gasteiger partial charge in [-0.1, -0.05) is 34.1 Å². The molecule has 0 amide bonds. The maximum absolute atomic E-state index is 11.9. The molecule has 2 aromatic rings. The standard InChI is InChI=1S/C15H10BrNO3/c16-10-5-6-13(18)11(8-10)17-12-7-9-3-1-2-4-14(9)20-15(12)19/h1-6,8,18H,7H2. The van der Waals surface area contributed by atoms with Crippen molar-refractivity contribution in [1.82, 2.24) is 0 Å². The van der Waals surface area contributed by atoms with Gasteiger partial charge >= 0.3 is 5.97 Å². The number of benzene rings is 2. The van der Waals surface area contributed by atoms with Crippen molar-refractivity contribution >= 4 is 33.3 Å². The molecule has 0 bridgehead atoms. The van der Waals surface area contributed by atoms with E-state index in [2.05, 4.69) is 20.9 Å². The van der Waals surface area contributed by atoms with E-state index in [1.54, 1.807) is 18.2 Å². The fraction of sp³-hybridized carbons (Fsp3) is 0.0667. The van der Waals surface area contributed by atoms with Crippen LogP contribution in [0.3, 0.4) is 0 Å². The highest BCUT2D eigenvalue weighted by Gasteiger charge is 2.23. The summed E-state index contributed by atoms with van der Waals surface area (Å²) in [6, 6.07) is 12.2. The Balaban J connectivity index is 2.01. The Morgan fingerprint density at radius 3 is 2.85 bits per heavy atom. The van der Waals surface area contributed by atoms with Gasteiger partial charge in [-0.2, -0.15) is 0 Å². The van der Waals surface area contributed by atoms with Crippen LogP contribution < -0.4 is 4.74 Å². The van der Waals surface area contributed by atoms with Crippen molar-refractivity contribution in [3.63, 3.8) is 0 Å². The largest absolute Gasteiger partial charge is 0.506 e. The number of carbonyl (C=O) groups is 1. The Labute approximate surface area is 123 Å². The number of aromatic hydroxyl groups is 1. The van der Waals surface area contributed by atoms with E-state index in [0.717, 1.165) is 10.0 Å². The molecule has 20 heavy (non-hydrogen) atoms. The minimum atomic E-state index is -0.483. The van der Waals surface area contributed by atoms with E-state index in [0.29, 0.717) is 17.9 Å². The van der Waals surface area contributed by atoms with Crippen LogP contribution in [0, 0.1) is 0 Å². The number of ether oxygens (including phenoxy) is 1. The molecule has 0 aliphatic carbocycles. The van der Waals surface area contributed by atoms with Gasteiger partial charge in [-0.05, 0) is 24.3 Å². The van der Waals surface area contributed by atoms with Gasteiger partial charge in [0.05, 0.1) is 0 Å². The molecular weight excluding hydrogens is 322 g/mol. The number of halogens is 1. The van der Waals surface area contributed by atoms with Crippen molar-refractivity contribution < 1.29 is 14.6 Å². The number of fused-ring (bicyclic) bond motifs is 1. The number of hydrogen-bond donors (Lipinski definition) is 1. The van der Waals surface area contributed by atoms with Crippen LogP contribution in [0.25, 0.3) is 0 Å². The number of para-hydroxylation sites is 1. The highest BCUT2D eigenvalue weighted by molar-refractivity contribution is 9.10. The first-order valence-corrected chi connectivity index (χ1v) is 6.79. The molecule has 0 aromatic heterocycles. The first-order valence-electron chi connectivity index (χ1n) is 5.99. The number of esters is 1. The summed E-state index contributed by atoms with van der Waals surface area (Å²) in [5.74, 6) is 0.102. The van der Waals surface area contributed by atoms with Gasteiger partial charge in [0.15, 0.2) is 0 Å². The first-order chi connectivity index (χ1) is 9.63. The normalized spacial score (nSPS) is 15.8. The lowest BCUT2D eigenvalue weighted by atomic mass is 10.0. The molecule has 1 N–H and O–H groups in total. The summed E-state index contributed by atoms with van der Waals surface area (Å²) in [5, 5.41) is 9.77. The van der Waals surface area contributed by atoms with Crippen LogP contribution in [0.1, 0.15) is 5.56 Å². The van der Waals surface area contributed by atoms with Crippen LogP contribution in [0.2, 0.25) is 0 Å². The van der Waals surface area contributed by atoms with Crippen molar-refractivity contribution in [3.8, 4) is 11.5 Å². The minimum absolute atomic E-state index is 0.0207. The molecule has 2 aromatic carbocycles. The molecule has 0 fully saturated rings. The van der Waals surface area contributed by atoms with Gasteiger partial charge in [-0.25, -0.2) is 9.79 Å². The molecular formula is C15H10BrNO3. The van der Waals surface area contributed by atoms with E-state index in [1.807, 2.05) is 18.2 Å². The number of phenolic OH excluding ortho intramolecular Hbond substituents is 1. The summed E-state index contributed by atoms with van der Waals surface area (Å²) in [4.78, 5) is 16.1. The van der Waals surface area contributed by atoms with Gasteiger partial charge in [-0.15, -0.1) is 0 Å². The SMILES string of the molecule is O=C1Oc2ccccc2CC1=Nc1cc(Br)ccc1O. The maximum atomic E-state index is 11.9. The van der Waals surface area contributed by atoms with Gasteiger partial charge in [-0.3, -0.25) is 0 Å². The maximum Gasteiger partial charge on any atom is 0.358 e. The third kappa shape index (κ3) is 2.44. The number of hydrogen-bond acceptors (Lipinski definition) is 4. The minimum Gasteiger partial charge on any atom is -0.506 e. The van der Waals surface area contributed by atoms with Crippen LogP contribution >= 0.6 is 15.9 Å². The zero-order valence-corrected chi connectivity index (χ0v) is 11.9. The zero-order chi connectivity index (χ0) is 14.1. The van der Waals surface area contributed by atoms with Crippen LogP contribution in [-0.2, 0) is 11.2 Å². The van der Waals surface area contributed by atoms with Crippen molar-refractivity contribution in [1.29, 1.82) is 0 Å². The summed E-state index contributed by atoms with van der Waals surface area (Å²) in [5.41, 5.74) is 1.52. The average Bonchev–Trinajstić information content (AvgIpc) is 2.43. The van der Waals surface area contributed by atoms with Crippen molar-refractivity contribution in [3.05, 3.63) is 52.5 Å². The number of carbonyl (C=O) groups excluding carboxylic acids is 1. The van der Waals surface area contributed by atoms with E-state index >= 15 is 0 Å². The summed E-state index contributed by atoms with van der Waals surface area (Å²) in [6.45, 7) is 0. The van der Waals surface area contributed by atoms with Crippen LogP contribution in [0.4, 0.5) is 5.69 Å². The predicted molar refractivity (Wildman–Crippen MR) is 78.7 cm³/mol. The molecule has 1 aliphatic heterocycles. The average molecular weight is 332 g/mol. The third-order valence-electron chi connectivity index (χ3n) is 2.96. The second-order valence-corrected chi connectivity index (χ2v) is 5.28. The molecule has 1 aliphatic rings. The molecule has 1 heterocycles. The molecule has 0 saturated carbocycles. The topological polar surface area (TPSA) is 58.9 Å². The highest BCUT2D eigenvalue weighted by atomic mass is 79.9. The van der Waals surface area contributed by atoms with E-state index in [1.165, 1.54) is 6.07 Å². The lowest BCUT2D eigenvalue weighted by Crippen LogP contribution is -2.27. The Hall–Kier alpha value is -2.14. The molecule has 100 valence electrons. The monoisotopic (exact) mass is 331 g/mol. The van der Waals surface area contributed by atoms with Crippen LogP contribution in [-0.4, -0.2) is 16.8 Å². The lowest BCUT2D eigenvalue weighted by Gasteiger charge is -2.16. The van der Waals surface area contributed by atoms with Gasteiger partial charge in [0.1, 0.15) is 22.9 Å². The van der Waals surface area contributed by atoms with Crippen molar-refractivity contribution in [2.75, 3.05) is 0 Å². The molecule has 4 nitrogen and oxygen atoms in total. The van der Waals surface area contributed by atoms with E-state index < -0.39 is 5.97 Å². The molecule has 0 spiro atoms. The van der Waals surface area contributed by atoms with Gasteiger partial charge in [0.25, 0.3) is 0 Å². The molecule has 5 heteroatoms. The number of rotatable bonds is 1. The van der Waals surface area contributed by atoms with Crippen LogP contribution in [0.15, 0.2) is 51.9 Å². The van der Waals surface area contributed by atoms with Gasteiger partial charge in [0, 0.05) is 16.5 Å². The van der Waals surface area contributed by atoms with Gasteiger partial charge < -0.3 is 9.84 Å². The lowest BCUT2D eigenvalue weighted by molar-refractivity contribution is -0.127. The Bertz CT molecular complexity index is 725. The number of phenols is 1. The zero-order valence-electron chi connectivity index (χ0n) is 10.3.